The Balaban J connectivity index is 2.61. The highest BCUT2D eigenvalue weighted by molar-refractivity contribution is 6.29. The zero-order valence-electron chi connectivity index (χ0n) is 10.0. The van der Waals surface area contributed by atoms with Crippen LogP contribution in [0.3, 0.4) is 0 Å². The first kappa shape index (κ1) is 15.9. The van der Waals surface area contributed by atoms with E-state index in [0.717, 1.165) is 0 Å². The molecular weight excluding hydrogens is 287 g/mol. The summed E-state index contributed by atoms with van der Waals surface area (Å²) < 4.78 is 42.0. The molecule has 5 nitrogen and oxygen atoms in total. The molecule has 0 amide bonds. The number of alkyl halides is 3. The number of nitrogens with one attached hydrogen (secondary N) is 1. The molecule has 0 saturated heterocycles. The van der Waals surface area contributed by atoms with Gasteiger partial charge >= 0.3 is 6.18 Å². The summed E-state index contributed by atoms with van der Waals surface area (Å²) in [5.41, 5.74) is 0. The molecular formula is C10H13ClF3N3O2. The van der Waals surface area contributed by atoms with Crippen LogP contribution in [0.4, 0.5) is 19.0 Å². The average Bonchev–Trinajstić information content (AvgIpc) is 2.27. The molecule has 0 spiro atoms. The van der Waals surface area contributed by atoms with Crippen LogP contribution < -0.4 is 5.32 Å². The number of halogens is 4. The molecule has 2 N–H and O–H groups in total. The lowest BCUT2D eigenvalue weighted by molar-refractivity contribution is -0.144. The summed E-state index contributed by atoms with van der Waals surface area (Å²) >= 11 is 5.49. The second kappa shape index (κ2) is 6.88. The van der Waals surface area contributed by atoms with Gasteiger partial charge in [-0.2, -0.15) is 13.2 Å². The number of aromatic nitrogens is 2. The zero-order chi connectivity index (χ0) is 14.5. The Morgan fingerprint density at radius 2 is 2.16 bits per heavy atom. The molecule has 0 radical (unpaired) electrons. The fourth-order valence-corrected chi connectivity index (χ4v) is 1.46. The second-order valence-electron chi connectivity index (χ2n) is 3.72. The maximum absolute atomic E-state index is 12.4. The Bertz CT molecular complexity index is 417. The zero-order valence-corrected chi connectivity index (χ0v) is 10.8. The maximum Gasteiger partial charge on any atom is 0.451 e. The number of rotatable bonds is 6. The third-order valence-corrected chi connectivity index (χ3v) is 2.28. The van der Waals surface area contributed by atoms with Gasteiger partial charge in [-0.3, -0.25) is 0 Å². The van der Waals surface area contributed by atoms with Gasteiger partial charge < -0.3 is 15.2 Å². The minimum absolute atomic E-state index is 0.0445. The summed E-state index contributed by atoms with van der Waals surface area (Å²) in [5, 5.41) is 11.7. The number of aliphatic hydroxyl groups excluding tert-OH is 1. The van der Waals surface area contributed by atoms with Gasteiger partial charge in [0.1, 0.15) is 11.0 Å². The molecule has 0 aliphatic heterocycles. The van der Waals surface area contributed by atoms with E-state index in [-0.39, 0.29) is 24.1 Å². The lowest BCUT2D eigenvalue weighted by Gasteiger charge is -2.12. The van der Waals surface area contributed by atoms with Crippen molar-refractivity contribution in [1.29, 1.82) is 0 Å². The van der Waals surface area contributed by atoms with Crippen molar-refractivity contribution in [3.05, 3.63) is 17.0 Å². The number of nitrogens with zero attached hydrogens (tertiary/aromatic N) is 2. The number of anilines is 1. The Labute approximate surface area is 112 Å². The molecule has 1 aromatic heterocycles. The highest BCUT2D eigenvalue weighted by Gasteiger charge is 2.35. The summed E-state index contributed by atoms with van der Waals surface area (Å²) in [6.45, 7) is 0.384. The van der Waals surface area contributed by atoms with E-state index in [1.54, 1.807) is 0 Å². The van der Waals surface area contributed by atoms with Crippen LogP contribution >= 0.6 is 11.6 Å². The van der Waals surface area contributed by atoms with Gasteiger partial charge in [0.25, 0.3) is 0 Å². The third kappa shape index (κ3) is 5.58. The van der Waals surface area contributed by atoms with Crippen LogP contribution in [-0.2, 0) is 10.9 Å². The van der Waals surface area contributed by atoms with Crippen molar-refractivity contribution in [2.75, 3.05) is 25.6 Å². The monoisotopic (exact) mass is 299 g/mol. The molecule has 0 aliphatic carbocycles. The quantitative estimate of drug-likeness (QED) is 0.786. The molecule has 0 aliphatic rings. The molecule has 1 heterocycles. The molecule has 108 valence electrons. The van der Waals surface area contributed by atoms with Crippen molar-refractivity contribution in [3.63, 3.8) is 0 Å². The van der Waals surface area contributed by atoms with Gasteiger partial charge in [-0.15, -0.1) is 0 Å². The van der Waals surface area contributed by atoms with Crippen molar-refractivity contribution < 1.29 is 23.0 Å². The highest BCUT2D eigenvalue weighted by atomic mass is 35.5. The molecule has 0 saturated carbocycles. The molecule has 0 fully saturated rings. The maximum atomic E-state index is 12.4. The number of hydrogen-bond acceptors (Lipinski definition) is 5. The molecule has 1 rings (SSSR count). The van der Waals surface area contributed by atoms with Gasteiger partial charge in [0.05, 0.1) is 12.7 Å². The van der Waals surface area contributed by atoms with Crippen LogP contribution in [0.2, 0.25) is 5.15 Å². The molecule has 1 unspecified atom stereocenters. The van der Waals surface area contributed by atoms with E-state index in [1.165, 1.54) is 13.2 Å². The summed E-state index contributed by atoms with van der Waals surface area (Å²) in [5.74, 6) is -1.35. The van der Waals surface area contributed by atoms with Crippen LogP contribution in [0.1, 0.15) is 12.2 Å². The Morgan fingerprint density at radius 3 is 2.74 bits per heavy atom. The minimum Gasteiger partial charge on any atom is -0.391 e. The van der Waals surface area contributed by atoms with Crippen molar-refractivity contribution in [2.24, 2.45) is 0 Å². The van der Waals surface area contributed by atoms with E-state index >= 15 is 0 Å². The van der Waals surface area contributed by atoms with Gasteiger partial charge in [-0.25, -0.2) is 9.97 Å². The molecule has 1 atom stereocenters. The average molecular weight is 300 g/mol. The van der Waals surface area contributed by atoms with E-state index in [9.17, 15) is 18.3 Å². The van der Waals surface area contributed by atoms with Gasteiger partial charge in [0.15, 0.2) is 0 Å². The smallest absolute Gasteiger partial charge is 0.391 e. The Kier molecular flexibility index (Phi) is 5.77. The first-order chi connectivity index (χ1) is 8.82. The summed E-state index contributed by atoms with van der Waals surface area (Å²) in [6, 6.07) is 1.18. The van der Waals surface area contributed by atoms with E-state index in [1.807, 2.05) is 0 Å². The Morgan fingerprint density at radius 1 is 1.47 bits per heavy atom. The lowest BCUT2D eigenvalue weighted by Crippen LogP contribution is -2.19. The van der Waals surface area contributed by atoms with Gasteiger partial charge in [0.2, 0.25) is 5.82 Å². The summed E-state index contributed by atoms with van der Waals surface area (Å²) in [4.78, 5) is 6.40. The Hall–Kier alpha value is -1.12. The van der Waals surface area contributed by atoms with Gasteiger partial charge in [-0.1, -0.05) is 11.6 Å². The van der Waals surface area contributed by atoms with E-state index in [4.69, 9.17) is 16.3 Å². The summed E-state index contributed by atoms with van der Waals surface area (Å²) in [6.07, 6.45) is -5.05. The van der Waals surface area contributed by atoms with Crippen molar-refractivity contribution in [1.82, 2.24) is 9.97 Å². The fraction of sp³-hybridized carbons (Fsp3) is 0.600. The minimum atomic E-state index is -4.66. The number of methoxy groups -OCH3 is 1. The van der Waals surface area contributed by atoms with E-state index in [2.05, 4.69) is 15.3 Å². The normalized spacial score (nSPS) is 13.4. The van der Waals surface area contributed by atoms with Crippen LogP contribution in [0.15, 0.2) is 6.07 Å². The van der Waals surface area contributed by atoms with Crippen LogP contribution in [0.5, 0.6) is 0 Å². The second-order valence-corrected chi connectivity index (χ2v) is 4.11. The van der Waals surface area contributed by atoms with Crippen molar-refractivity contribution in [3.8, 4) is 0 Å². The molecule has 0 bridgehead atoms. The van der Waals surface area contributed by atoms with E-state index in [0.29, 0.717) is 6.42 Å². The molecule has 1 aromatic rings. The van der Waals surface area contributed by atoms with Crippen LogP contribution in [0, 0.1) is 0 Å². The van der Waals surface area contributed by atoms with Crippen molar-refractivity contribution in [2.45, 2.75) is 18.7 Å². The number of ether oxygens (including phenoxy) is 1. The topological polar surface area (TPSA) is 67.3 Å². The standard InChI is InChI=1S/C10H13ClF3N3O2/c1-19-5-6(18)2-3-15-8-4-7(11)16-9(17-8)10(12,13)14/h4,6,18H,2-3,5H2,1H3,(H,15,16,17). The molecule has 19 heavy (non-hydrogen) atoms. The molecule has 9 heteroatoms. The lowest BCUT2D eigenvalue weighted by atomic mass is 10.2. The third-order valence-electron chi connectivity index (χ3n) is 2.09. The van der Waals surface area contributed by atoms with Crippen LogP contribution in [0.25, 0.3) is 0 Å². The highest BCUT2D eigenvalue weighted by Crippen LogP contribution is 2.28. The predicted octanol–water partition coefficient (Wildman–Crippen LogP) is 1.96. The van der Waals surface area contributed by atoms with Crippen molar-refractivity contribution >= 4 is 17.4 Å². The first-order valence-electron chi connectivity index (χ1n) is 5.35. The number of aliphatic hydroxyl groups is 1. The first-order valence-corrected chi connectivity index (χ1v) is 5.73. The number of hydrogen-bond donors (Lipinski definition) is 2. The van der Waals surface area contributed by atoms with Crippen LogP contribution in [-0.4, -0.2) is 41.4 Å². The SMILES string of the molecule is COCC(O)CCNc1cc(Cl)nc(C(F)(F)F)n1. The van der Waals surface area contributed by atoms with Gasteiger partial charge in [-0.05, 0) is 6.42 Å². The van der Waals surface area contributed by atoms with E-state index < -0.39 is 18.1 Å². The predicted molar refractivity (Wildman–Crippen MR) is 63.0 cm³/mol. The fourth-order valence-electron chi connectivity index (χ4n) is 1.28. The summed E-state index contributed by atoms with van der Waals surface area (Å²) in [7, 11) is 1.44. The van der Waals surface area contributed by atoms with Gasteiger partial charge in [0, 0.05) is 19.7 Å². The molecule has 0 aromatic carbocycles. The largest absolute Gasteiger partial charge is 0.451 e.